The highest BCUT2D eigenvalue weighted by Gasteiger charge is 2.19. The van der Waals surface area contributed by atoms with Gasteiger partial charge in [0.05, 0.1) is 0 Å². The monoisotopic (exact) mass is 1160 g/mol. The minimum absolute atomic E-state index is 0.0700. The first kappa shape index (κ1) is 79.8. The highest BCUT2D eigenvalue weighted by Crippen LogP contribution is 2.19. The maximum atomic E-state index is 12.9. The van der Waals surface area contributed by atoms with E-state index in [0.29, 0.717) is 19.3 Å². The zero-order valence-corrected chi connectivity index (χ0v) is 55.5. The summed E-state index contributed by atoms with van der Waals surface area (Å²) < 4.78 is 16.9. The minimum Gasteiger partial charge on any atom is -0.462 e. The standard InChI is InChI=1S/C77H138O6/c1-4-7-10-13-16-19-21-23-25-27-29-31-33-35-37-38-39-40-41-43-44-46-48-50-52-54-56-58-61-64-67-70-76(79)82-73-74(72-81-75(78)69-66-63-60-18-15-12-9-6-3)83-77(80)71-68-65-62-59-57-55-53-51-49-47-45-42-36-34-32-30-28-26-24-22-20-17-14-11-8-5-2/h7,10,16,19,23,25,29,31,35,37,39-40,74H,4-6,8-9,11-15,17-18,20-22,24,26-28,30,32-34,36,38,41-73H2,1-3H3/b10-7-,19-16-,25-23-,31-29-,37-35-,40-39-. The van der Waals surface area contributed by atoms with Gasteiger partial charge < -0.3 is 14.2 Å². The largest absolute Gasteiger partial charge is 0.462 e. The molecule has 0 aliphatic heterocycles. The number of esters is 3. The molecule has 0 aliphatic carbocycles. The first-order valence-corrected chi connectivity index (χ1v) is 36.4. The van der Waals surface area contributed by atoms with Gasteiger partial charge in [-0.25, -0.2) is 0 Å². The quantitative estimate of drug-likeness (QED) is 0.0261. The number of unbranched alkanes of at least 4 members (excludes halogenated alkanes) is 44. The van der Waals surface area contributed by atoms with E-state index in [4.69, 9.17) is 14.2 Å². The van der Waals surface area contributed by atoms with Crippen molar-refractivity contribution in [3.05, 3.63) is 72.9 Å². The van der Waals surface area contributed by atoms with Gasteiger partial charge in [0.25, 0.3) is 0 Å². The number of carbonyl (C=O) groups is 3. The van der Waals surface area contributed by atoms with E-state index in [1.165, 1.54) is 244 Å². The molecule has 0 amide bonds. The number of hydrogen-bond acceptors (Lipinski definition) is 6. The molecule has 0 rings (SSSR count). The third-order valence-corrected chi connectivity index (χ3v) is 16.2. The molecule has 0 spiro atoms. The Balaban J connectivity index is 4.08. The van der Waals surface area contributed by atoms with E-state index >= 15 is 0 Å². The lowest BCUT2D eigenvalue weighted by Crippen LogP contribution is -2.30. The van der Waals surface area contributed by atoms with Crippen LogP contribution < -0.4 is 0 Å². The Morgan fingerprint density at radius 3 is 0.735 bits per heavy atom. The van der Waals surface area contributed by atoms with Crippen molar-refractivity contribution in [3.63, 3.8) is 0 Å². The van der Waals surface area contributed by atoms with Crippen molar-refractivity contribution in [2.75, 3.05) is 13.2 Å². The number of carbonyl (C=O) groups excluding carboxylic acids is 3. The summed E-state index contributed by atoms with van der Waals surface area (Å²) in [7, 11) is 0. The Hall–Kier alpha value is -3.15. The Morgan fingerprint density at radius 1 is 0.253 bits per heavy atom. The van der Waals surface area contributed by atoms with Crippen LogP contribution in [0.25, 0.3) is 0 Å². The fourth-order valence-corrected chi connectivity index (χ4v) is 10.8. The van der Waals surface area contributed by atoms with Gasteiger partial charge in [-0.3, -0.25) is 14.4 Å². The summed E-state index contributed by atoms with van der Waals surface area (Å²) in [5, 5.41) is 0. The topological polar surface area (TPSA) is 78.9 Å². The third kappa shape index (κ3) is 69.5. The van der Waals surface area contributed by atoms with Gasteiger partial charge in [-0.2, -0.15) is 0 Å². The summed E-state index contributed by atoms with van der Waals surface area (Å²) in [6.45, 7) is 6.56. The molecule has 0 aromatic rings. The SMILES string of the molecule is CC/C=C\C/C=C\C/C=C\C/C=C\C/C=C\C/C=C\CCCCCCCCCCCCCCC(=O)OCC(COC(=O)CCCCCCCCCC)OC(=O)CCCCCCCCCCCCCCCCCCCCCCCCCCCC. The van der Waals surface area contributed by atoms with Crippen molar-refractivity contribution in [2.24, 2.45) is 0 Å². The average molecular weight is 1160 g/mol. The third-order valence-electron chi connectivity index (χ3n) is 16.2. The number of ether oxygens (including phenoxy) is 3. The summed E-state index contributed by atoms with van der Waals surface area (Å²) in [5.41, 5.74) is 0. The summed E-state index contributed by atoms with van der Waals surface area (Å²) in [4.78, 5) is 38.3. The van der Waals surface area contributed by atoms with Crippen LogP contribution in [0, 0.1) is 0 Å². The lowest BCUT2D eigenvalue weighted by atomic mass is 10.0. The fourth-order valence-electron chi connectivity index (χ4n) is 10.8. The zero-order chi connectivity index (χ0) is 59.9. The molecule has 0 aromatic heterocycles. The van der Waals surface area contributed by atoms with Gasteiger partial charge in [-0.05, 0) is 70.6 Å². The summed E-state index contributed by atoms with van der Waals surface area (Å²) in [6, 6.07) is 0. The van der Waals surface area contributed by atoms with Crippen LogP contribution in [-0.2, 0) is 28.6 Å². The molecule has 0 aromatic carbocycles. The molecule has 0 saturated heterocycles. The van der Waals surface area contributed by atoms with E-state index < -0.39 is 6.10 Å². The van der Waals surface area contributed by atoms with Crippen LogP contribution in [0.2, 0.25) is 0 Å². The molecule has 0 fully saturated rings. The Kier molecular flexibility index (Phi) is 68.6. The Labute approximate surface area is 516 Å². The molecule has 0 heterocycles. The van der Waals surface area contributed by atoms with Crippen molar-refractivity contribution < 1.29 is 28.6 Å². The maximum Gasteiger partial charge on any atom is 0.306 e. The number of hydrogen-bond donors (Lipinski definition) is 0. The smallest absolute Gasteiger partial charge is 0.306 e. The molecule has 83 heavy (non-hydrogen) atoms. The van der Waals surface area contributed by atoms with E-state index in [0.717, 1.165) is 96.3 Å². The Bertz CT molecular complexity index is 1520. The molecule has 0 saturated carbocycles. The molecule has 482 valence electrons. The van der Waals surface area contributed by atoms with Crippen molar-refractivity contribution >= 4 is 17.9 Å². The molecule has 6 nitrogen and oxygen atoms in total. The summed E-state index contributed by atoms with van der Waals surface area (Å²) in [5.74, 6) is -0.853. The van der Waals surface area contributed by atoms with Gasteiger partial charge in [-0.15, -0.1) is 0 Å². The lowest BCUT2D eigenvalue weighted by Gasteiger charge is -2.18. The molecule has 6 heteroatoms. The second-order valence-corrected chi connectivity index (χ2v) is 24.5. The van der Waals surface area contributed by atoms with E-state index in [9.17, 15) is 14.4 Å². The van der Waals surface area contributed by atoms with Crippen LogP contribution in [0.3, 0.4) is 0 Å². The van der Waals surface area contributed by atoms with Gasteiger partial charge >= 0.3 is 17.9 Å². The fraction of sp³-hybridized carbons (Fsp3) is 0.805. The molecule has 0 radical (unpaired) electrons. The zero-order valence-electron chi connectivity index (χ0n) is 55.5. The molecule has 0 N–H and O–H groups in total. The van der Waals surface area contributed by atoms with Crippen LogP contribution >= 0.6 is 0 Å². The van der Waals surface area contributed by atoms with Crippen LogP contribution in [0.1, 0.15) is 380 Å². The van der Waals surface area contributed by atoms with Crippen LogP contribution in [0.4, 0.5) is 0 Å². The normalized spacial score (nSPS) is 12.5. The second kappa shape index (κ2) is 71.3. The van der Waals surface area contributed by atoms with E-state index in [-0.39, 0.29) is 31.1 Å². The number of rotatable bonds is 67. The molecular weight excluding hydrogens is 1020 g/mol. The van der Waals surface area contributed by atoms with Crippen molar-refractivity contribution in [3.8, 4) is 0 Å². The molecule has 1 unspecified atom stereocenters. The molecular formula is C77H138O6. The van der Waals surface area contributed by atoms with Crippen molar-refractivity contribution in [1.29, 1.82) is 0 Å². The molecule has 0 aliphatic rings. The summed E-state index contributed by atoms with van der Waals surface area (Å²) in [6.07, 6.45) is 93.9. The highest BCUT2D eigenvalue weighted by atomic mass is 16.6. The molecule has 0 bridgehead atoms. The summed E-state index contributed by atoms with van der Waals surface area (Å²) >= 11 is 0. The van der Waals surface area contributed by atoms with Gasteiger partial charge in [0.15, 0.2) is 6.10 Å². The van der Waals surface area contributed by atoms with Gasteiger partial charge in [0, 0.05) is 19.3 Å². The van der Waals surface area contributed by atoms with E-state index in [1.807, 2.05) is 0 Å². The van der Waals surface area contributed by atoms with Crippen molar-refractivity contribution in [1.82, 2.24) is 0 Å². The highest BCUT2D eigenvalue weighted by molar-refractivity contribution is 5.71. The van der Waals surface area contributed by atoms with Gasteiger partial charge in [0.2, 0.25) is 0 Å². The first-order chi connectivity index (χ1) is 41.0. The molecule has 1 atom stereocenters. The second-order valence-electron chi connectivity index (χ2n) is 24.5. The van der Waals surface area contributed by atoms with Gasteiger partial charge in [-0.1, -0.05) is 363 Å². The minimum atomic E-state index is -0.772. The van der Waals surface area contributed by atoms with Crippen LogP contribution in [-0.4, -0.2) is 37.2 Å². The van der Waals surface area contributed by atoms with E-state index in [2.05, 4.69) is 93.7 Å². The van der Waals surface area contributed by atoms with E-state index in [1.54, 1.807) is 0 Å². The van der Waals surface area contributed by atoms with Crippen molar-refractivity contribution in [2.45, 2.75) is 386 Å². The predicted octanol–water partition coefficient (Wildman–Crippen LogP) is 25.2. The lowest BCUT2D eigenvalue weighted by molar-refractivity contribution is -0.167. The Morgan fingerprint density at radius 2 is 0.470 bits per heavy atom. The van der Waals surface area contributed by atoms with Crippen LogP contribution in [0.15, 0.2) is 72.9 Å². The average Bonchev–Trinajstić information content (AvgIpc) is 3.49. The van der Waals surface area contributed by atoms with Crippen LogP contribution in [0.5, 0.6) is 0 Å². The first-order valence-electron chi connectivity index (χ1n) is 36.4. The maximum absolute atomic E-state index is 12.9. The number of allylic oxidation sites excluding steroid dienone is 12. The predicted molar refractivity (Wildman–Crippen MR) is 362 cm³/mol. The van der Waals surface area contributed by atoms with Gasteiger partial charge in [0.1, 0.15) is 13.2 Å².